The largest absolute Gasteiger partial charge is 0.305 e. The van der Waals surface area contributed by atoms with Gasteiger partial charge in [-0.3, -0.25) is 9.48 Å². The molecule has 0 aliphatic rings. The Hall–Kier alpha value is -2.41. The summed E-state index contributed by atoms with van der Waals surface area (Å²) in [5, 5.41) is 11.5. The molecule has 1 N–H and O–H groups in total. The van der Waals surface area contributed by atoms with Crippen LogP contribution < -0.4 is 5.32 Å². The molecule has 0 radical (unpaired) electrons. The van der Waals surface area contributed by atoms with Gasteiger partial charge in [-0.25, -0.2) is 4.68 Å². The fourth-order valence-electron chi connectivity index (χ4n) is 2.47. The lowest BCUT2D eigenvalue weighted by atomic mass is 10.2. The Labute approximate surface area is 142 Å². The number of hydrogen-bond acceptors (Lipinski definition) is 3. The minimum absolute atomic E-state index is 0.206. The van der Waals surface area contributed by atoms with E-state index in [2.05, 4.69) is 31.4 Å². The van der Waals surface area contributed by atoms with Crippen LogP contribution in [0.2, 0.25) is 0 Å². The van der Waals surface area contributed by atoms with E-state index in [4.69, 9.17) is 0 Å². The Balaban J connectivity index is 1.94. The van der Waals surface area contributed by atoms with Gasteiger partial charge in [0.1, 0.15) is 0 Å². The van der Waals surface area contributed by atoms with Crippen LogP contribution in [0.15, 0.2) is 41.0 Å². The van der Waals surface area contributed by atoms with E-state index in [1.807, 2.05) is 38.1 Å². The van der Waals surface area contributed by atoms with Gasteiger partial charge in [-0.2, -0.15) is 10.2 Å². The highest BCUT2D eigenvalue weighted by molar-refractivity contribution is 9.10. The number of aromatic nitrogens is 4. The molecule has 0 saturated carbocycles. The molecule has 23 heavy (non-hydrogen) atoms. The summed E-state index contributed by atoms with van der Waals surface area (Å²) in [5.74, 6) is 0.315. The third-order valence-corrected chi connectivity index (χ3v) is 4.07. The topological polar surface area (TPSA) is 64.7 Å². The maximum Gasteiger partial charge on any atom is 0.260 e. The SMILES string of the molecule is Cc1nn(-c2ccc(Br)cc2)c(C)c1C(=O)Nc1ccn(C)n1. The number of nitrogens with one attached hydrogen (secondary N) is 1. The zero-order chi connectivity index (χ0) is 16.6. The molecule has 2 aromatic heterocycles. The molecule has 0 unspecified atom stereocenters. The molecule has 0 aliphatic carbocycles. The molecule has 0 saturated heterocycles. The van der Waals surface area contributed by atoms with E-state index in [0.29, 0.717) is 17.1 Å². The second-order valence-electron chi connectivity index (χ2n) is 5.26. The number of hydrogen-bond donors (Lipinski definition) is 1. The highest BCUT2D eigenvalue weighted by Crippen LogP contribution is 2.20. The van der Waals surface area contributed by atoms with Crippen LogP contribution in [0.5, 0.6) is 0 Å². The van der Waals surface area contributed by atoms with Gasteiger partial charge in [0.2, 0.25) is 0 Å². The molecule has 7 heteroatoms. The number of rotatable bonds is 3. The molecule has 0 fully saturated rings. The molecule has 3 aromatic rings. The third-order valence-electron chi connectivity index (χ3n) is 3.54. The van der Waals surface area contributed by atoms with Gasteiger partial charge in [-0.15, -0.1) is 0 Å². The van der Waals surface area contributed by atoms with E-state index in [9.17, 15) is 4.79 Å². The van der Waals surface area contributed by atoms with Crippen LogP contribution in [0.3, 0.4) is 0 Å². The summed E-state index contributed by atoms with van der Waals surface area (Å²) in [6.45, 7) is 3.71. The van der Waals surface area contributed by atoms with Crippen LogP contribution in [0.4, 0.5) is 5.82 Å². The molecular weight excluding hydrogens is 358 g/mol. The van der Waals surface area contributed by atoms with Gasteiger partial charge in [-0.1, -0.05) is 15.9 Å². The molecule has 1 aromatic carbocycles. The standard InChI is InChI=1S/C16H16BrN5O/c1-10-15(16(23)18-14-8-9-21(3)20-14)11(2)22(19-10)13-6-4-12(17)5-7-13/h4-9H,1-3H3,(H,18,20,23). The van der Waals surface area contributed by atoms with Crippen molar-refractivity contribution >= 4 is 27.7 Å². The number of carbonyl (C=O) groups excluding carboxylic acids is 1. The Morgan fingerprint density at radius 2 is 1.83 bits per heavy atom. The molecule has 0 atom stereocenters. The van der Waals surface area contributed by atoms with Gasteiger partial charge in [0.25, 0.3) is 5.91 Å². The zero-order valence-electron chi connectivity index (χ0n) is 13.0. The fourth-order valence-corrected chi connectivity index (χ4v) is 2.73. The zero-order valence-corrected chi connectivity index (χ0v) is 14.6. The van der Waals surface area contributed by atoms with Crippen molar-refractivity contribution in [3.63, 3.8) is 0 Å². The van der Waals surface area contributed by atoms with Gasteiger partial charge >= 0.3 is 0 Å². The van der Waals surface area contributed by atoms with Crippen molar-refractivity contribution in [2.75, 3.05) is 5.32 Å². The third kappa shape index (κ3) is 3.05. The monoisotopic (exact) mass is 373 g/mol. The van der Waals surface area contributed by atoms with E-state index < -0.39 is 0 Å². The molecule has 0 spiro atoms. The number of carbonyl (C=O) groups is 1. The Morgan fingerprint density at radius 3 is 2.43 bits per heavy atom. The summed E-state index contributed by atoms with van der Waals surface area (Å²) < 4.78 is 4.41. The highest BCUT2D eigenvalue weighted by atomic mass is 79.9. The van der Waals surface area contributed by atoms with Crippen molar-refractivity contribution < 1.29 is 4.79 Å². The first-order valence-electron chi connectivity index (χ1n) is 7.09. The lowest BCUT2D eigenvalue weighted by Gasteiger charge is -2.06. The van der Waals surface area contributed by atoms with E-state index >= 15 is 0 Å². The highest BCUT2D eigenvalue weighted by Gasteiger charge is 2.20. The summed E-state index contributed by atoms with van der Waals surface area (Å²) in [6.07, 6.45) is 1.78. The molecule has 6 nitrogen and oxygen atoms in total. The number of amides is 1. The predicted octanol–water partition coefficient (Wildman–Crippen LogP) is 3.24. The molecule has 2 heterocycles. The molecule has 0 aliphatic heterocycles. The number of anilines is 1. The predicted molar refractivity (Wildman–Crippen MR) is 91.9 cm³/mol. The first-order valence-corrected chi connectivity index (χ1v) is 7.88. The Kier molecular flexibility index (Phi) is 4.04. The van der Waals surface area contributed by atoms with Gasteiger partial charge in [0, 0.05) is 23.8 Å². The maximum absolute atomic E-state index is 12.5. The second-order valence-corrected chi connectivity index (χ2v) is 6.18. The van der Waals surface area contributed by atoms with E-state index in [1.165, 1.54) is 0 Å². The van der Waals surface area contributed by atoms with Crippen molar-refractivity contribution in [3.05, 3.63) is 58.0 Å². The van der Waals surface area contributed by atoms with Crippen LogP contribution in [0.25, 0.3) is 5.69 Å². The number of benzene rings is 1. The number of halogens is 1. The second kappa shape index (κ2) is 6.00. The Bertz CT molecular complexity index is 863. The van der Waals surface area contributed by atoms with Gasteiger partial charge in [0.15, 0.2) is 5.82 Å². The molecule has 0 bridgehead atoms. The molecule has 1 amide bonds. The number of aryl methyl sites for hydroxylation is 2. The van der Waals surface area contributed by atoms with Gasteiger partial charge in [0.05, 0.1) is 22.6 Å². The van der Waals surface area contributed by atoms with Crippen molar-refractivity contribution in [1.29, 1.82) is 0 Å². The van der Waals surface area contributed by atoms with Gasteiger partial charge in [-0.05, 0) is 38.1 Å². The first-order chi connectivity index (χ1) is 11.0. The summed E-state index contributed by atoms with van der Waals surface area (Å²) in [4.78, 5) is 12.5. The van der Waals surface area contributed by atoms with Crippen LogP contribution in [-0.4, -0.2) is 25.5 Å². The van der Waals surface area contributed by atoms with E-state index in [-0.39, 0.29) is 5.91 Å². The van der Waals surface area contributed by atoms with Crippen molar-refractivity contribution in [1.82, 2.24) is 19.6 Å². The summed E-state index contributed by atoms with van der Waals surface area (Å²) in [6, 6.07) is 9.54. The lowest BCUT2D eigenvalue weighted by Crippen LogP contribution is -2.14. The normalized spacial score (nSPS) is 10.8. The minimum atomic E-state index is -0.206. The van der Waals surface area contributed by atoms with E-state index in [0.717, 1.165) is 15.9 Å². The van der Waals surface area contributed by atoms with E-state index in [1.54, 1.807) is 28.7 Å². The summed E-state index contributed by atoms with van der Waals surface area (Å²) in [5.41, 5.74) is 2.95. The van der Waals surface area contributed by atoms with Crippen LogP contribution in [0, 0.1) is 13.8 Å². The summed E-state index contributed by atoms with van der Waals surface area (Å²) in [7, 11) is 1.80. The Morgan fingerprint density at radius 1 is 1.13 bits per heavy atom. The molecular formula is C16H16BrN5O. The average Bonchev–Trinajstić information content (AvgIpc) is 3.03. The smallest absolute Gasteiger partial charge is 0.260 e. The number of nitrogens with zero attached hydrogens (tertiary/aromatic N) is 4. The van der Waals surface area contributed by atoms with Crippen molar-refractivity contribution in [2.45, 2.75) is 13.8 Å². The fraction of sp³-hybridized carbons (Fsp3) is 0.188. The van der Waals surface area contributed by atoms with Crippen molar-refractivity contribution in [3.8, 4) is 5.69 Å². The maximum atomic E-state index is 12.5. The van der Waals surface area contributed by atoms with Gasteiger partial charge < -0.3 is 5.32 Å². The van der Waals surface area contributed by atoms with Crippen molar-refractivity contribution in [2.24, 2.45) is 7.05 Å². The molecule has 118 valence electrons. The minimum Gasteiger partial charge on any atom is -0.305 e. The average molecular weight is 374 g/mol. The van der Waals surface area contributed by atoms with Crippen LogP contribution in [-0.2, 0) is 7.05 Å². The quantitative estimate of drug-likeness (QED) is 0.766. The summed E-state index contributed by atoms with van der Waals surface area (Å²) >= 11 is 3.42. The lowest BCUT2D eigenvalue weighted by molar-refractivity contribution is 0.102. The first kappa shape index (κ1) is 15.5. The molecule has 3 rings (SSSR count). The van der Waals surface area contributed by atoms with Crippen LogP contribution in [0.1, 0.15) is 21.7 Å². The van der Waals surface area contributed by atoms with Crippen LogP contribution >= 0.6 is 15.9 Å².